The fourth-order valence-electron chi connectivity index (χ4n) is 10.2. The molecule has 0 spiro atoms. The predicted molar refractivity (Wildman–Crippen MR) is 147 cm³/mol. The number of aromatic amines is 1. The van der Waals surface area contributed by atoms with Crippen molar-refractivity contribution in [3.05, 3.63) is 39.9 Å². The number of hydrogen-bond acceptors (Lipinski definition) is 4. The molecule has 4 aliphatic carbocycles. The molecule has 1 aromatic carbocycles. The van der Waals surface area contributed by atoms with E-state index in [2.05, 4.69) is 25.8 Å². The molecule has 1 unspecified atom stereocenters. The number of para-hydroxylation sites is 1. The number of aryl methyl sites for hydroxylation is 2. The van der Waals surface area contributed by atoms with Crippen LogP contribution in [-0.2, 0) is 6.42 Å². The molecule has 1 heterocycles. The van der Waals surface area contributed by atoms with Gasteiger partial charge in [0.2, 0.25) is 0 Å². The molecule has 5 heteroatoms. The first-order chi connectivity index (χ1) is 17.6. The number of nitrogens with one attached hydrogen (secondary N) is 1. The van der Waals surface area contributed by atoms with Crippen molar-refractivity contribution >= 4 is 10.9 Å². The molecule has 202 valence electrons. The Balaban J connectivity index is 1.20. The lowest BCUT2D eigenvalue weighted by Crippen LogP contribution is -2.58. The minimum atomic E-state index is -0.252. The van der Waals surface area contributed by atoms with E-state index in [0.717, 1.165) is 55.4 Å². The number of H-pyrrole nitrogens is 1. The van der Waals surface area contributed by atoms with Crippen LogP contribution in [0.2, 0.25) is 0 Å². The molecule has 10 atom stereocenters. The van der Waals surface area contributed by atoms with Gasteiger partial charge in [-0.05, 0) is 123 Å². The fraction of sp³-hybridized carbons (Fsp3) is 0.750. The average molecular weight is 507 g/mol. The van der Waals surface area contributed by atoms with Crippen molar-refractivity contribution in [2.75, 3.05) is 0 Å². The Bertz CT molecular complexity index is 1220. The van der Waals surface area contributed by atoms with E-state index in [-0.39, 0.29) is 28.6 Å². The van der Waals surface area contributed by atoms with Crippen molar-refractivity contribution in [3.8, 4) is 0 Å². The molecule has 3 N–H and O–H groups in total. The van der Waals surface area contributed by atoms with Crippen LogP contribution in [0.4, 0.5) is 0 Å². The number of hydrogen-bond donors (Lipinski definition) is 3. The summed E-state index contributed by atoms with van der Waals surface area (Å²) in [7, 11) is 0. The summed E-state index contributed by atoms with van der Waals surface area (Å²) in [6.07, 6.45) is 10.3. The second kappa shape index (κ2) is 9.19. The molecule has 1 aromatic heterocycles. The van der Waals surface area contributed by atoms with Gasteiger partial charge in [0.25, 0.3) is 5.56 Å². The van der Waals surface area contributed by atoms with E-state index in [1.165, 1.54) is 25.7 Å². The predicted octanol–water partition coefficient (Wildman–Crippen LogP) is 5.79. The number of aromatic nitrogens is 2. The third-order valence-corrected chi connectivity index (χ3v) is 12.3. The lowest BCUT2D eigenvalue weighted by molar-refractivity contribution is -0.174. The first kappa shape index (κ1) is 25.6. The lowest BCUT2D eigenvalue weighted by atomic mass is 9.43. The lowest BCUT2D eigenvalue weighted by Gasteiger charge is -2.62. The molecule has 0 bridgehead atoms. The quantitative estimate of drug-likeness (QED) is 0.490. The monoisotopic (exact) mass is 506 g/mol. The van der Waals surface area contributed by atoms with E-state index >= 15 is 0 Å². The van der Waals surface area contributed by atoms with Gasteiger partial charge in [-0.25, -0.2) is 4.98 Å². The van der Waals surface area contributed by atoms with Gasteiger partial charge in [0.1, 0.15) is 5.82 Å². The van der Waals surface area contributed by atoms with E-state index in [1.807, 2.05) is 25.1 Å². The van der Waals surface area contributed by atoms with Crippen molar-refractivity contribution in [2.24, 2.45) is 46.3 Å². The van der Waals surface area contributed by atoms with Gasteiger partial charge in [-0.3, -0.25) is 4.79 Å². The van der Waals surface area contributed by atoms with Crippen LogP contribution in [0.15, 0.2) is 23.0 Å². The molecular formula is C32H46N2O3. The summed E-state index contributed by atoms with van der Waals surface area (Å²) in [6, 6.07) is 5.78. The highest BCUT2D eigenvalue weighted by atomic mass is 16.3. The molecule has 6 rings (SSSR count). The Morgan fingerprint density at radius 3 is 2.70 bits per heavy atom. The van der Waals surface area contributed by atoms with Crippen molar-refractivity contribution < 1.29 is 10.2 Å². The topological polar surface area (TPSA) is 86.2 Å². The van der Waals surface area contributed by atoms with Crippen LogP contribution in [0.1, 0.15) is 89.9 Å². The first-order valence-electron chi connectivity index (χ1n) is 15.0. The first-order valence-corrected chi connectivity index (χ1v) is 15.0. The SMILES string of the molecule is Cc1cccc2c(=O)[nH]c(CC[C@@H](C)[C@H]3CC[C@H]4[C@@H]5CC[C@@H]6C[C@H](O)CC[C@]6(C)C5C[C@H](O)[C@]34C)nc12. The standard InChI is InChI=1S/C32H46N2O3/c1-18(8-13-28-33-29-19(2)6-5-7-23(29)30(37)34-28)24-11-12-25-22-10-9-20-16-21(35)14-15-31(20,3)26(22)17-27(36)32(24,25)4/h5-7,18,20-22,24-27,35-36H,8-17H2,1-4H3,(H,33,34,37)/t18-,20-,21-,22+,24-,25+,26?,27+,31+,32-/m1/s1. The van der Waals surface area contributed by atoms with Crippen LogP contribution in [0.5, 0.6) is 0 Å². The Kier molecular flexibility index (Phi) is 6.35. The molecule has 0 saturated heterocycles. The molecular weight excluding hydrogens is 460 g/mol. The maximum absolute atomic E-state index is 12.7. The van der Waals surface area contributed by atoms with Crippen molar-refractivity contribution in [1.29, 1.82) is 0 Å². The minimum Gasteiger partial charge on any atom is -0.393 e. The number of aliphatic hydroxyl groups excluding tert-OH is 2. The zero-order valence-corrected chi connectivity index (χ0v) is 23.2. The van der Waals surface area contributed by atoms with E-state index in [1.54, 1.807) is 0 Å². The summed E-state index contributed by atoms with van der Waals surface area (Å²) in [4.78, 5) is 20.5. The Morgan fingerprint density at radius 1 is 1.08 bits per heavy atom. The number of rotatable bonds is 4. The van der Waals surface area contributed by atoms with Gasteiger partial charge in [0.05, 0.1) is 23.1 Å². The highest BCUT2D eigenvalue weighted by molar-refractivity contribution is 5.80. The van der Waals surface area contributed by atoms with Crippen molar-refractivity contribution in [1.82, 2.24) is 9.97 Å². The molecule has 4 fully saturated rings. The summed E-state index contributed by atoms with van der Waals surface area (Å²) < 4.78 is 0. The van der Waals surface area contributed by atoms with E-state index in [4.69, 9.17) is 4.98 Å². The molecule has 0 aliphatic heterocycles. The van der Waals surface area contributed by atoms with E-state index in [0.29, 0.717) is 40.9 Å². The molecule has 37 heavy (non-hydrogen) atoms. The Morgan fingerprint density at radius 2 is 1.89 bits per heavy atom. The Labute approximate surface area is 221 Å². The summed E-state index contributed by atoms with van der Waals surface area (Å²) in [5.74, 6) is 4.27. The van der Waals surface area contributed by atoms with Crippen LogP contribution < -0.4 is 5.56 Å². The number of fused-ring (bicyclic) bond motifs is 6. The van der Waals surface area contributed by atoms with E-state index < -0.39 is 0 Å². The number of aliphatic hydroxyl groups is 2. The Hall–Kier alpha value is -1.72. The highest BCUT2D eigenvalue weighted by Gasteiger charge is 2.63. The maximum atomic E-state index is 12.7. The molecule has 4 saturated carbocycles. The van der Waals surface area contributed by atoms with Crippen LogP contribution in [0, 0.1) is 53.3 Å². The second-order valence-corrected chi connectivity index (χ2v) is 13.9. The zero-order valence-electron chi connectivity index (χ0n) is 23.2. The van der Waals surface area contributed by atoms with Gasteiger partial charge >= 0.3 is 0 Å². The summed E-state index contributed by atoms with van der Waals surface area (Å²) in [6.45, 7) is 9.28. The second-order valence-electron chi connectivity index (χ2n) is 13.9. The maximum Gasteiger partial charge on any atom is 0.258 e. The summed E-state index contributed by atoms with van der Waals surface area (Å²) in [5.41, 5.74) is 2.06. The average Bonchev–Trinajstić information content (AvgIpc) is 3.23. The normalized spacial score (nSPS) is 42.2. The molecule has 0 amide bonds. The van der Waals surface area contributed by atoms with Gasteiger partial charge in [-0.15, -0.1) is 0 Å². The van der Waals surface area contributed by atoms with Crippen molar-refractivity contribution in [2.45, 2.75) is 104 Å². The van der Waals surface area contributed by atoms with Crippen LogP contribution in [0.25, 0.3) is 10.9 Å². The summed E-state index contributed by atoms with van der Waals surface area (Å²) >= 11 is 0. The zero-order chi connectivity index (χ0) is 26.1. The van der Waals surface area contributed by atoms with Gasteiger partial charge in [-0.2, -0.15) is 0 Å². The van der Waals surface area contributed by atoms with Gasteiger partial charge < -0.3 is 15.2 Å². The van der Waals surface area contributed by atoms with Gasteiger partial charge in [-0.1, -0.05) is 32.9 Å². The van der Waals surface area contributed by atoms with Crippen LogP contribution in [-0.4, -0.2) is 32.4 Å². The van der Waals surface area contributed by atoms with Crippen LogP contribution in [0.3, 0.4) is 0 Å². The molecule has 5 nitrogen and oxygen atoms in total. The van der Waals surface area contributed by atoms with Crippen LogP contribution >= 0.6 is 0 Å². The summed E-state index contributed by atoms with van der Waals surface area (Å²) in [5, 5.41) is 22.8. The van der Waals surface area contributed by atoms with Gasteiger partial charge in [0.15, 0.2) is 0 Å². The smallest absolute Gasteiger partial charge is 0.258 e. The minimum absolute atomic E-state index is 0.0290. The molecule has 4 aliphatic rings. The van der Waals surface area contributed by atoms with Crippen molar-refractivity contribution in [3.63, 3.8) is 0 Å². The highest BCUT2D eigenvalue weighted by Crippen LogP contribution is 2.68. The third kappa shape index (κ3) is 3.93. The van der Waals surface area contributed by atoms with E-state index in [9.17, 15) is 15.0 Å². The molecule has 2 aromatic rings. The van der Waals surface area contributed by atoms with Gasteiger partial charge in [0, 0.05) is 6.42 Å². The number of benzene rings is 1. The molecule has 0 radical (unpaired) electrons. The third-order valence-electron chi connectivity index (χ3n) is 12.3. The largest absolute Gasteiger partial charge is 0.393 e. The number of nitrogens with zero attached hydrogens (tertiary/aromatic N) is 1. The fourth-order valence-corrected chi connectivity index (χ4v) is 10.2.